The van der Waals surface area contributed by atoms with Gasteiger partial charge in [0, 0.05) is 22.3 Å². The van der Waals surface area contributed by atoms with Crippen LogP contribution in [0.25, 0.3) is 11.3 Å². The van der Waals surface area contributed by atoms with E-state index in [2.05, 4.69) is 13.8 Å². The molecule has 0 spiro atoms. The molecule has 3 aromatic rings. The highest BCUT2D eigenvalue weighted by Gasteiger charge is 2.37. The Kier molecular flexibility index (Phi) is 5.07. The number of carbonyl (C=O) groups excluding carboxylic acids is 1. The van der Waals surface area contributed by atoms with Crippen LogP contribution >= 0.6 is 0 Å². The van der Waals surface area contributed by atoms with Gasteiger partial charge in [-0.3, -0.25) is 4.79 Å². The van der Waals surface area contributed by atoms with Gasteiger partial charge in [0.2, 0.25) is 0 Å². The number of halogens is 4. The van der Waals surface area contributed by atoms with Crippen molar-refractivity contribution in [2.75, 3.05) is 6.26 Å². The van der Waals surface area contributed by atoms with E-state index in [1.165, 1.54) is 42.7 Å². The molecule has 2 aromatic carbocycles. The lowest BCUT2D eigenvalue weighted by Gasteiger charge is -2.04. The molecular formula is C18H12F4N2O3S. The average molecular weight is 412 g/mol. The molecule has 0 fully saturated rings. The number of nitrogens with zero attached hydrogens (tertiary/aromatic N) is 2. The summed E-state index contributed by atoms with van der Waals surface area (Å²) in [6.45, 7) is 0. The summed E-state index contributed by atoms with van der Waals surface area (Å²) in [6, 6.07) is 10.2. The van der Waals surface area contributed by atoms with Crippen molar-refractivity contribution < 1.29 is 31.0 Å². The Morgan fingerprint density at radius 3 is 2.21 bits per heavy atom. The van der Waals surface area contributed by atoms with E-state index >= 15 is 0 Å². The fourth-order valence-electron chi connectivity index (χ4n) is 2.27. The highest BCUT2D eigenvalue weighted by molar-refractivity contribution is 7.93. The topological polar surface area (TPSA) is 72.5 Å². The molecule has 10 heteroatoms. The van der Waals surface area contributed by atoms with E-state index in [9.17, 15) is 26.6 Å². The largest absolute Gasteiger partial charge is 0.468 e. The summed E-state index contributed by atoms with van der Waals surface area (Å²) in [7, 11) is -3.09. The molecule has 0 aliphatic heterocycles. The summed E-state index contributed by atoms with van der Waals surface area (Å²) in [5.74, 6) is -2.66. The fourth-order valence-corrected chi connectivity index (χ4v) is 3.44. The zero-order valence-electron chi connectivity index (χ0n) is 14.2. The third-order valence-electron chi connectivity index (χ3n) is 3.68. The van der Waals surface area contributed by atoms with E-state index in [0.29, 0.717) is 5.56 Å². The van der Waals surface area contributed by atoms with Gasteiger partial charge in [-0.1, -0.05) is 12.1 Å². The maximum Gasteiger partial charge on any atom is 0.468 e. The molecule has 3 rings (SSSR count). The van der Waals surface area contributed by atoms with Gasteiger partial charge >= 0.3 is 12.1 Å². The summed E-state index contributed by atoms with van der Waals surface area (Å²) in [5.41, 5.74) is 0.334. The number of alkyl halides is 3. The Hall–Kier alpha value is -3.01. The summed E-state index contributed by atoms with van der Waals surface area (Å²) >= 11 is 0. The van der Waals surface area contributed by atoms with Crippen LogP contribution in [0.15, 0.2) is 68.5 Å². The third kappa shape index (κ3) is 4.28. The molecule has 0 aliphatic carbocycles. The van der Waals surface area contributed by atoms with Gasteiger partial charge in [0.1, 0.15) is 17.8 Å². The van der Waals surface area contributed by atoms with Crippen molar-refractivity contribution in [3.05, 3.63) is 72.1 Å². The second kappa shape index (κ2) is 7.19. The lowest BCUT2D eigenvalue weighted by atomic mass is 10.1. The van der Waals surface area contributed by atoms with Gasteiger partial charge in [0.05, 0.1) is 9.73 Å². The lowest BCUT2D eigenvalue weighted by molar-refractivity contribution is -0.157. The first-order chi connectivity index (χ1) is 13.1. The predicted molar refractivity (Wildman–Crippen MR) is 92.4 cm³/mol. The molecule has 0 saturated carbocycles. The number of benzene rings is 2. The smallest absolute Gasteiger partial charge is 0.441 e. The van der Waals surface area contributed by atoms with Crippen molar-refractivity contribution in [3.8, 4) is 11.3 Å². The number of rotatable bonds is 3. The summed E-state index contributed by atoms with van der Waals surface area (Å²) < 4.78 is 71.3. The van der Waals surface area contributed by atoms with Crippen molar-refractivity contribution in [2.45, 2.75) is 11.1 Å². The zero-order chi connectivity index (χ0) is 20.5. The number of oxazole rings is 1. The van der Waals surface area contributed by atoms with E-state index in [-0.39, 0.29) is 16.2 Å². The number of carbonyl (C=O) groups is 1. The molecule has 0 saturated heterocycles. The van der Waals surface area contributed by atoms with Crippen molar-refractivity contribution in [1.29, 1.82) is 0 Å². The molecule has 1 amide bonds. The van der Waals surface area contributed by atoms with E-state index < -0.39 is 33.5 Å². The van der Waals surface area contributed by atoms with Crippen molar-refractivity contribution >= 4 is 15.6 Å². The van der Waals surface area contributed by atoms with Crippen LogP contribution in [0.2, 0.25) is 0 Å². The molecule has 1 unspecified atom stereocenters. The van der Waals surface area contributed by atoms with Crippen LogP contribution in [-0.4, -0.2) is 21.4 Å². The minimum Gasteiger partial charge on any atom is -0.441 e. The number of amides is 1. The summed E-state index contributed by atoms with van der Waals surface area (Å²) in [4.78, 5) is 15.8. The molecule has 0 N–H and O–H groups in total. The first kappa shape index (κ1) is 19.7. The number of hydrogen-bond acceptors (Lipinski definition) is 4. The van der Waals surface area contributed by atoms with Gasteiger partial charge in [-0.05, 0) is 36.4 Å². The second-order valence-electron chi connectivity index (χ2n) is 5.77. The van der Waals surface area contributed by atoms with Gasteiger partial charge < -0.3 is 4.42 Å². The molecule has 1 heterocycles. The number of aromatic nitrogens is 1. The first-order valence-electron chi connectivity index (χ1n) is 7.71. The van der Waals surface area contributed by atoms with E-state index in [0.717, 1.165) is 18.4 Å². The predicted octanol–water partition coefficient (Wildman–Crippen LogP) is 4.80. The SMILES string of the molecule is CS(=O)(=NC(=O)c1ccc(-c2coc(C(F)(F)F)n2)cc1)c1ccc(F)cc1. The Balaban J connectivity index is 1.85. The standard InChI is InChI=1S/C18H12F4N2O3S/c1-28(26,14-8-6-13(19)7-9-14)24-16(25)12-4-2-11(3-5-12)15-10-27-17(23-15)18(20,21)22/h2-10H,1H3. The maximum absolute atomic E-state index is 13.0. The normalized spacial score (nSPS) is 13.8. The van der Waals surface area contributed by atoms with Gasteiger partial charge in [-0.2, -0.15) is 17.5 Å². The van der Waals surface area contributed by atoms with Gasteiger partial charge in [0.15, 0.2) is 0 Å². The maximum atomic E-state index is 13.0. The molecule has 28 heavy (non-hydrogen) atoms. The monoisotopic (exact) mass is 412 g/mol. The molecule has 0 radical (unpaired) electrons. The van der Waals surface area contributed by atoms with E-state index in [1.54, 1.807) is 0 Å². The van der Waals surface area contributed by atoms with Crippen molar-refractivity contribution in [1.82, 2.24) is 4.98 Å². The Morgan fingerprint density at radius 2 is 1.68 bits per heavy atom. The van der Waals surface area contributed by atoms with Crippen LogP contribution < -0.4 is 0 Å². The molecule has 0 aliphatic rings. The molecule has 0 bridgehead atoms. The highest BCUT2D eigenvalue weighted by Crippen LogP contribution is 2.30. The molecule has 1 atom stereocenters. The Morgan fingerprint density at radius 1 is 1.07 bits per heavy atom. The van der Waals surface area contributed by atoms with Crippen LogP contribution in [0.5, 0.6) is 0 Å². The third-order valence-corrected chi connectivity index (χ3v) is 5.34. The fraction of sp³-hybridized carbons (Fsp3) is 0.111. The van der Waals surface area contributed by atoms with E-state index in [1.807, 2.05) is 0 Å². The minimum atomic E-state index is -4.70. The molecular weight excluding hydrogens is 400 g/mol. The van der Waals surface area contributed by atoms with Crippen LogP contribution in [0.4, 0.5) is 17.6 Å². The van der Waals surface area contributed by atoms with Gasteiger partial charge in [-0.15, -0.1) is 0 Å². The van der Waals surface area contributed by atoms with Gasteiger partial charge in [-0.25, -0.2) is 13.6 Å². The molecule has 5 nitrogen and oxygen atoms in total. The van der Waals surface area contributed by atoms with Crippen LogP contribution in [0, 0.1) is 5.82 Å². The highest BCUT2D eigenvalue weighted by atomic mass is 32.2. The first-order valence-corrected chi connectivity index (χ1v) is 9.64. The van der Waals surface area contributed by atoms with Crippen LogP contribution in [-0.2, 0) is 15.9 Å². The Bertz CT molecular complexity index is 1130. The second-order valence-corrected chi connectivity index (χ2v) is 8.02. The lowest BCUT2D eigenvalue weighted by Crippen LogP contribution is -2.05. The average Bonchev–Trinajstić information content (AvgIpc) is 3.12. The quantitative estimate of drug-likeness (QED) is 0.580. The van der Waals surface area contributed by atoms with Gasteiger partial charge in [0.25, 0.3) is 5.91 Å². The van der Waals surface area contributed by atoms with E-state index in [4.69, 9.17) is 0 Å². The van der Waals surface area contributed by atoms with Crippen molar-refractivity contribution in [2.24, 2.45) is 4.36 Å². The molecule has 1 aromatic heterocycles. The Labute approximate surface area is 157 Å². The van der Waals surface area contributed by atoms with Crippen LogP contribution in [0.3, 0.4) is 0 Å². The minimum absolute atomic E-state index is 0.0473. The number of hydrogen-bond donors (Lipinski definition) is 0. The van der Waals surface area contributed by atoms with Crippen molar-refractivity contribution in [3.63, 3.8) is 0 Å². The van der Waals surface area contributed by atoms with Crippen LogP contribution in [0.1, 0.15) is 16.2 Å². The zero-order valence-corrected chi connectivity index (χ0v) is 15.1. The summed E-state index contributed by atoms with van der Waals surface area (Å²) in [5, 5.41) is 0. The summed E-state index contributed by atoms with van der Waals surface area (Å²) in [6.07, 6.45) is -2.59. The molecule has 146 valence electrons.